The Morgan fingerprint density at radius 1 is 1.39 bits per heavy atom. The second-order valence-electron chi connectivity index (χ2n) is 5.06. The van der Waals surface area contributed by atoms with Crippen molar-refractivity contribution >= 4 is 29.9 Å². The molecule has 0 spiro atoms. The molecule has 1 rings (SSSR count). The molecular weight excluding hydrogens is 341 g/mol. The maximum absolute atomic E-state index is 9.30. The first kappa shape index (κ1) is 17.0. The predicted octanol–water partition coefficient (Wildman–Crippen LogP) is 2.26. The number of guanidine groups is 1. The summed E-state index contributed by atoms with van der Waals surface area (Å²) in [6.07, 6.45) is 0.765. The minimum Gasteiger partial charge on any atom is -0.508 e. The second-order valence-corrected chi connectivity index (χ2v) is 5.06. The molecule has 18 heavy (non-hydrogen) atoms. The van der Waals surface area contributed by atoms with Gasteiger partial charge in [-0.25, -0.2) is 0 Å². The van der Waals surface area contributed by atoms with Gasteiger partial charge in [-0.05, 0) is 44.9 Å². The molecule has 1 aromatic rings. The Hall–Kier alpha value is -0.980. The number of nitrogens with one attached hydrogen (secondary N) is 1. The van der Waals surface area contributed by atoms with Gasteiger partial charge in [-0.1, -0.05) is 12.1 Å². The van der Waals surface area contributed by atoms with Crippen LogP contribution in [-0.4, -0.2) is 23.1 Å². The summed E-state index contributed by atoms with van der Waals surface area (Å²) in [5.74, 6) is 0.741. The predicted molar refractivity (Wildman–Crippen MR) is 86.6 cm³/mol. The smallest absolute Gasteiger partial charge is 0.188 e. The molecule has 0 fully saturated rings. The van der Waals surface area contributed by atoms with Gasteiger partial charge in [0.1, 0.15) is 5.75 Å². The topological polar surface area (TPSA) is 70.6 Å². The Kier molecular flexibility index (Phi) is 7.05. The molecule has 0 saturated carbocycles. The van der Waals surface area contributed by atoms with Gasteiger partial charge in [0.2, 0.25) is 0 Å². The first-order chi connectivity index (χ1) is 7.87. The fourth-order valence-corrected chi connectivity index (χ4v) is 1.44. The molecule has 0 aliphatic carbocycles. The lowest BCUT2D eigenvalue weighted by molar-refractivity contribution is 0.474. The lowest BCUT2D eigenvalue weighted by Gasteiger charge is -2.20. The summed E-state index contributed by atoms with van der Waals surface area (Å²) in [6.45, 7) is 6.71. The molecule has 0 aromatic heterocycles. The third-order valence-corrected chi connectivity index (χ3v) is 2.10. The normalized spacial score (nSPS) is 11.8. The maximum Gasteiger partial charge on any atom is 0.188 e. The number of hydrogen-bond acceptors (Lipinski definition) is 2. The molecule has 0 unspecified atom stereocenters. The second kappa shape index (κ2) is 7.45. The van der Waals surface area contributed by atoms with Crippen molar-refractivity contribution in [2.75, 3.05) is 6.54 Å². The van der Waals surface area contributed by atoms with Crippen molar-refractivity contribution in [3.8, 4) is 5.75 Å². The molecule has 5 heteroatoms. The number of aromatic hydroxyl groups is 1. The van der Waals surface area contributed by atoms with Crippen LogP contribution in [0, 0.1) is 0 Å². The summed E-state index contributed by atoms with van der Waals surface area (Å²) in [7, 11) is 0. The number of aliphatic imine (C=N–C) groups is 1. The highest BCUT2D eigenvalue weighted by Gasteiger charge is 2.09. The van der Waals surface area contributed by atoms with Crippen molar-refractivity contribution in [2.45, 2.75) is 32.7 Å². The molecule has 4 N–H and O–H groups in total. The van der Waals surface area contributed by atoms with Crippen LogP contribution in [0.2, 0.25) is 0 Å². The molecule has 0 saturated heterocycles. The molecule has 4 nitrogen and oxygen atoms in total. The van der Waals surface area contributed by atoms with E-state index >= 15 is 0 Å². The monoisotopic (exact) mass is 363 g/mol. The molecule has 0 radical (unpaired) electrons. The molecule has 0 bridgehead atoms. The van der Waals surface area contributed by atoms with E-state index in [1.165, 1.54) is 0 Å². The van der Waals surface area contributed by atoms with E-state index in [9.17, 15) is 5.11 Å². The maximum atomic E-state index is 9.30. The fraction of sp³-hybridized carbons (Fsp3) is 0.462. The number of nitrogens with zero attached hydrogens (tertiary/aromatic N) is 1. The van der Waals surface area contributed by atoms with Crippen molar-refractivity contribution in [2.24, 2.45) is 10.7 Å². The highest BCUT2D eigenvalue weighted by molar-refractivity contribution is 14.0. The van der Waals surface area contributed by atoms with Crippen LogP contribution in [0.5, 0.6) is 5.75 Å². The van der Waals surface area contributed by atoms with Crippen LogP contribution >= 0.6 is 24.0 Å². The average Bonchev–Trinajstić information content (AvgIpc) is 2.14. The molecule has 1 aromatic carbocycles. The van der Waals surface area contributed by atoms with Crippen LogP contribution in [0.25, 0.3) is 0 Å². The van der Waals surface area contributed by atoms with Crippen LogP contribution in [0.1, 0.15) is 26.3 Å². The van der Waals surface area contributed by atoms with Crippen molar-refractivity contribution < 1.29 is 5.11 Å². The summed E-state index contributed by atoms with van der Waals surface area (Å²) in [5.41, 5.74) is 6.73. The number of nitrogens with two attached hydrogens (primary N) is 1. The molecule has 0 aliphatic heterocycles. The van der Waals surface area contributed by atoms with E-state index in [1.807, 2.05) is 32.9 Å². The molecule has 0 atom stereocenters. The van der Waals surface area contributed by atoms with Crippen molar-refractivity contribution in [1.29, 1.82) is 0 Å². The Morgan fingerprint density at radius 3 is 2.61 bits per heavy atom. The molecule has 0 amide bonds. The first-order valence-electron chi connectivity index (χ1n) is 5.73. The summed E-state index contributed by atoms with van der Waals surface area (Å²) in [6, 6.07) is 7.18. The van der Waals surface area contributed by atoms with Crippen LogP contribution in [-0.2, 0) is 6.42 Å². The lowest BCUT2D eigenvalue weighted by atomic mass is 10.1. The number of phenolic OH excluding ortho intramolecular Hbond substituents is 1. The zero-order valence-corrected chi connectivity index (χ0v) is 13.4. The third kappa shape index (κ3) is 7.37. The Bertz CT molecular complexity index is 399. The summed E-state index contributed by atoms with van der Waals surface area (Å²) in [5, 5.41) is 12.4. The Balaban J connectivity index is 0.00000289. The standard InChI is InChI=1S/C13H21N3O.HI/c1-13(2,3)16-12(14)15-8-7-10-5-4-6-11(17)9-10;/h4-6,9,17H,7-8H2,1-3H3,(H3,14,15,16);1H. The van der Waals surface area contributed by atoms with Gasteiger partial charge in [0, 0.05) is 12.1 Å². The van der Waals surface area contributed by atoms with Gasteiger partial charge in [-0.3, -0.25) is 4.99 Å². The van der Waals surface area contributed by atoms with E-state index < -0.39 is 0 Å². The number of benzene rings is 1. The van der Waals surface area contributed by atoms with Crippen LogP contribution in [0.15, 0.2) is 29.3 Å². The third-order valence-electron chi connectivity index (χ3n) is 2.10. The van der Waals surface area contributed by atoms with Gasteiger partial charge in [-0.2, -0.15) is 0 Å². The van der Waals surface area contributed by atoms with Gasteiger partial charge in [0.05, 0.1) is 0 Å². The van der Waals surface area contributed by atoms with Gasteiger partial charge >= 0.3 is 0 Å². The minimum atomic E-state index is -0.0708. The van der Waals surface area contributed by atoms with Gasteiger partial charge in [0.25, 0.3) is 0 Å². The van der Waals surface area contributed by atoms with E-state index in [4.69, 9.17) is 5.73 Å². The summed E-state index contributed by atoms with van der Waals surface area (Å²) in [4.78, 5) is 4.24. The van der Waals surface area contributed by atoms with E-state index in [-0.39, 0.29) is 35.3 Å². The first-order valence-corrected chi connectivity index (χ1v) is 5.73. The van der Waals surface area contributed by atoms with E-state index in [0.717, 1.165) is 12.0 Å². The Morgan fingerprint density at radius 2 is 2.06 bits per heavy atom. The zero-order chi connectivity index (χ0) is 12.9. The van der Waals surface area contributed by atoms with E-state index in [0.29, 0.717) is 12.5 Å². The zero-order valence-electron chi connectivity index (χ0n) is 11.1. The number of rotatable bonds is 3. The van der Waals surface area contributed by atoms with Crippen molar-refractivity contribution in [3.05, 3.63) is 29.8 Å². The number of phenols is 1. The van der Waals surface area contributed by atoms with Crippen LogP contribution in [0.4, 0.5) is 0 Å². The van der Waals surface area contributed by atoms with E-state index in [1.54, 1.807) is 12.1 Å². The highest BCUT2D eigenvalue weighted by atomic mass is 127. The largest absolute Gasteiger partial charge is 0.508 e. The minimum absolute atomic E-state index is 0. The van der Waals surface area contributed by atoms with Gasteiger partial charge in [-0.15, -0.1) is 24.0 Å². The molecule has 0 heterocycles. The quantitative estimate of drug-likeness (QED) is 0.438. The molecular formula is C13H22IN3O. The lowest BCUT2D eigenvalue weighted by Crippen LogP contribution is -2.45. The van der Waals surface area contributed by atoms with Gasteiger partial charge in [0.15, 0.2) is 5.96 Å². The SMILES string of the molecule is CC(C)(C)NC(N)=NCCc1cccc(O)c1.I. The van der Waals surface area contributed by atoms with Crippen molar-refractivity contribution in [1.82, 2.24) is 5.32 Å². The summed E-state index contributed by atoms with van der Waals surface area (Å²) >= 11 is 0. The summed E-state index contributed by atoms with van der Waals surface area (Å²) < 4.78 is 0. The van der Waals surface area contributed by atoms with E-state index in [2.05, 4.69) is 10.3 Å². The van der Waals surface area contributed by atoms with Crippen LogP contribution < -0.4 is 11.1 Å². The van der Waals surface area contributed by atoms with Crippen LogP contribution in [0.3, 0.4) is 0 Å². The molecule has 102 valence electrons. The Labute approximate surface area is 126 Å². The van der Waals surface area contributed by atoms with Crippen molar-refractivity contribution in [3.63, 3.8) is 0 Å². The highest BCUT2D eigenvalue weighted by Crippen LogP contribution is 2.11. The average molecular weight is 363 g/mol. The fourth-order valence-electron chi connectivity index (χ4n) is 1.44. The molecule has 0 aliphatic rings. The number of halogens is 1. The van der Waals surface area contributed by atoms with Gasteiger partial charge < -0.3 is 16.2 Å². The number of hydrogen-bond donors (Lipinski definition) is 3.